The Bertz CT molecular complexity index is 660. The second kappa shape index (κ2) is 5.36. The molecule has 96 valence electrons. The predicted octanol–water partition coefficient (Wildman–Crippen LogP) is 1.78. The summed E-state index contributed by atoms with van der Waals surface area (Å²) in [5.41, 5.74) is 6.40. The second-order valence-electron chi connectivity index (χ2n) is 4.40. The second-order valence-corrected chi connectivity index (χ2v) is 4.40. The van der Waals surface area contributed by atoms with Crippen molar-refractivity contribution in [2.45, 2.75) is 19.4 Å². The molecule has 0 aliphatic carbocycles. The minimum atomic E-state index is -0.390. The molecule has 1 unspecified atom stereocenters. The molecule has 1 heterocycles. The van der Waals surface area contributed by atoms with Crippen molar-refractivity contribution < 1.29 is 4.79 Å². The number of hydrogen-bond acceptors (Lipinski definition) is 4. The van der Waals surface area contributed by atoms with Gasteiger partial charge in [0.2, 0.25) is 5.91 Å². The van der Waals surface area contributed by atoms with Gasteiger partial charge in [-0.15, -0.1) is 0 Å². The van der Waals surface area contributed by atoms with Gasteiger partial charge >= 0.3 is 0 Å². The van der Waals surface area contributed by atoms with Crippen molar-refractivity contribution in [1.29, 1.82) is 5.26 Å². The van der Waals surface area contributed by atoms with Crippen LogP contribution in [0, 0.1) is 11.3 Å². The summed E-state index contributed by atoms with van der Waals surface area (Å²) in [7, 11) is 0. The van der Waals surface area contributed by atoms with Crippen molar-refractivity contribution in [2.24, 2.45) is 5.73 Å². The first-order valence-corrected chi connectivity index (χ1v) is 5.95. The van der Waals surface area contributed by atoms with Gasteiger partial charge in [-0.3, -0.25) is 4.79 Å². The van der Waals surface area contributed by atoms with Gasteiger partial charge in [0, 0.05) is 17.8 Å². The number of aromatic nitrogens is 1. The maximum absolute atomic E-state index is 10.9. The van der Waals surface area contributed by atoms with E-state index in [1.54, 1.807) is 6.07 Å². The summed E-state index contributed by atoms with van der Waals surface area (Å²) < 4.78 is 0. The molecular formula is C14H14N4O. The van der Waals surface area contributed by atoms with Crippen LogP contribution in [0.2, 0.25) is 0 Å². The maximum atomic E-state index is 10.9. The number of rotatable bonds is 4. The first-order chi connectivity index (χ1) is 9.10. The third-order valence-electron chi connectivity index (χ3n) is 2.73. The van der Waals surface area contributed by atoms with E-state index in [-0.39, 0.29) is 18.4 Å². The molecule has 1 aromatic heterocycles. The van der Waals surface area contributed by atoms with Crippen LogP contribution in [0.4, 0.5) is 5.82 Å². The molecule has 0 aliphatic heterocycles. The van der Waals surface area contributed by atoms with E-state index in [0.29, 0.717) is 11.4 Å². The van der Waals surface area contributed by atoms with Gasteiger partial charge in [-0.05, 0) is 19.1 Å². The van der Waals surface area contributed by atoms with Crippen LogP contribution in [0.25, 0.3) is 10.9 Å². The molecule has 5 heteroatoms. The van der Waals surface area contributed by atoms with Crippen molar-refractivity contribution in [3.8, 4) is 6.07 Å². The van der Waals surface area contributed by atoms with E-state index in [0.717, 1.165) is 10.9 Å². The van der Waals surface area contributed by atoms with Crippen molar-refractivity contribution in [1.82, 2.24) is 4.98 Å². The minimum absolute atomic E-state index is 0.168. The van der Waals surface area contributed by atoms with Crippen molar-refractivity contribution >= 4 is 22.6 Å². The summed E-state index contributed by atoms with van der Waals surface area (Å²) >= 11 is 0. The van der Waals surface area contributed by atoms with Crippen LogP contribution in [-0.2, 0) is 4.79 Å². The van der Waals surface area contributed by atoms with E-state index in [2.05, 4.69) is 16.4 Å². The highest BCUT2D eigenvalue weighted by molar-refractivity contribution is 5.83. The van der Waals surface area contributed by atoms with E-state index in [1.807, 2.05) is 31.2 Å². The summed E-state index contributed by atoms with van der Waals surface area (Å²) in [5.74, 6) is 0.0919. The lowest BCUT2D eigenvalue weighted by atomic mass is 10.1. The number of nitriles is 1. The average Bonchev–Trinajstić information content (AvgIpc) is 2.36. The van der Waals surface area contributed by atoms with Gasteiger partial charge < -0.3 is 11.1 Å². The lowest BCUT2D eigenvalue weighted by Gasteiger charge is -2.14. The number of nitrogens with zero attached hydrogens (tertiary/aromatic N) is 2. The zero-order valence-corrected chi connectivity index (χ0v) is 10.6. The summed E-state index contributed by atoms with van der Waals surface area (Å²) in [6.07, 6.45) is 0.194. The number of anilines is 1. The van der Waals surface area contributed by atoms with Gasteiger partial charge in [0.25, 0.3) is 0 Å². The molecule has 3 N–H and O–H groups in total. The number of carbonyl (C=O) groups is 1. The summed E-state index contributed by atoms with van der Waals surface area (Å²) in [6, 6.07) is 11.3. The van der Waals surface area contributed by atoms with Crippen molar-refractivity contribution in [2.75, 3.05) is 5.32 Å². The van der Waals surface area contributed by atoms with Crippen LogP contribution in [0.1, 0.15) is 18.9 Å². The molecule has 19 heavy (non-hydrogen) atoms. The maximum Gasteiger partial charge on any atom is 0.219 e. The van der Waals surface area contributed by atoms with Gasteiger partial charge in [-0.25, -0.2) is 4.98 Å². The standard InChI is InChI=1S/C14H14N4O/c1-9(6-13(16)19)17-14-11(8-15)7-10-4-2-3-5-12(10)18-14/h2-5,7,9H,6H2,1H3,(H2,16,19)(H,17,18). The molecule has 0 fully saturated rings. The largest absolute Gasteiger partial charge is 0.370 e. The molecular weight excluding hydrogens is 240 g/mol. The van der Waals surface area contributed by atoms with Crippen molar-refractivity contribution in [3.05, 3.63) is 35.9 Å². The van der Waals surface area contributed by atoms with Crippen LogP contribution in [0.3, 0.4) is 0 Å². The molecule has 1 atom stereocenters. The Morgan fingerprint density at radius 1 is 1.53 bits per heavy atom. The van der Waals surface area contributed by atoms with Crippen LogP contribution >= 0.6 is 0 Å². The lowest BCUT2D eigenvalue weighted by Crippen LogP contribution is -2.24. The zero-order chi connectivity index (χ0) is 13.8. The molecule has 1 amide bonds. The van der Waals surface area contributed by atoms with Crippen LogP contribution in [0.15, 0.2) is 30.3 Å². The number of primary amides is 1. The molecule has 0 saturated carbocycles. The monoisotopic (exact) mass is 254 g/mol. The number of benzene rings is 1. The molecule has 0 radical (unpaired) electrons. The number of amides is 1. The average molecular weight is 254 g/mol. The Kier molecular flexibility index (Phi) is 3.62. The Hall–Kier alpha value is -2.61. The predicted molar refractivity (Wildman–Crippen MR) is 73.4 cm³/mol. The number of fused-ring (bicyclic) bond motifs is 1. The minimum Gasteiger partial charge on any atom is -0.370 e. The van der Waals surface area contributed by atoms with E-state index < -0.39 is 0 Å². The van der Waals surface area contributed by atoms with Gasteiger partial charge in [0.15, 0.2) is 0 Å². The lowest BCUT2D eigenvalue weighted by molar-refractivity contribution is -0.118. The topological polar surface area (TPSA) is 91.8 Å². The summed E-state index contributed by atoms with van der Waals surface area (Å²) in [4.78, 5) is 15.3. The Labute approximate surface area is 111 Å². The fraction of sp³-hybridized carbons (Fsp3) is 0.214. The van der Waals surface area contributed by atoms with Gasteiger partial charge in [-0.2, -0.15) is 5.26 Å². The number of nitrogens with one attached hydrogen (secondary N) is 1. The third-order valence-corrected chi connectivity index (χ3v) is 2.73. The first kappa shape index (κ1) is 12.8. The Morgan fingerprint density at radius 2 is 2.26 bits per heavy atom. The molecule has 0 bridgehead atoms. The third kappa shape index (κ3) is 2.99. The summed E-state index contributed by atoms with van der Waals surface area (Å²) in [5, 5.41) is 13.1. The highest BCUT2D eigenvalue weighted by atomic mass is 16.1. The zero-order valence-electron chi connectivity index (χ0n) is 10.6. The normalized spacial score (nSPS) is 11.8. The van der Waals surface area contributed by atoms with Gasteiger partial charge in [-0.1, -0.05) is 18.2 Å². The Morgan fingerprint density at radius 3 is 2.95 bits per heavy atom. The Balaban J connectivity index is 2.36. The SMILES string of the molecule is CC(CC(N)=O)Nc1nc2ccccc2cc1C#N. The van der Waals surface area contributed by atoms with E-state index in [1.165, 1.54) is 0 Å². The van der Waals surface area contributed by atoms with E-state index >= 15 is 0 Å². The van der Waals surface area contributed by atoms with E-state index in [4.69, 9.17) is 11.0 Å². The van der Waals surface area contributed by atoms with Crippen molar-refractivity contribution in [3.63, 3.8) is 0 Å². The molecule has 0 saturated heterocycles. The molecule has 0 aliphatic rings. The van der Waals surface area contributed by atoms with Gasteiger partial charge in [0.1, 0.15) is 11.9 Å². The molecule has 0 spiro atoms. The molecule has 1 aromatic carbocycles. The number of para-hydroxylation sites is 1. The number of hydrogen-bond donors (Lipinski definition) is 2. The van der Waals surface area contributed by atoms with Gasteiger partial charge in [0.05, 0.1) is 11.1 Å². The fourth-order valence-corrected chi connectivity index (χ4v) is 1.90. The highest BCUT2D eigenvalue weighted by Crippen LogP contribution is 2.20. The molecule has 2 aromatic rings. The molecule has 2 rings (SSSR count). The summed E-state index contributed by atoms with van der Waals surface area (Å²) in [6.45, 7) is 1.82. The van der Waals surface area contributed by atoms with E-state index in [9.17, 15) is 4.79 Å². The number of carbonyl (C=O) groups excluding carboxylic acids is 1. The fourth-order valence-electron chi connectivity index (χ4n) is 1.90. The van der Waals surface area contributed by atoms with Crippen LogP contribution in [-0.4, -0.2) is 16.9 Å². The first-order valence-electron chi connectivity index (χ1n) is 5.95. The molecule has 5 nitrogen and oxygen atoms in total. The van der Waals surface area contributed by atoms with Crippen LogP contribution < -0.4 is 11.1 Å². The number of pyridine rings is 1. The van der Waals surface area contributed by atoms with Crippen LogP contribution in [0.5, 0.6) is 0 Å². The number of nitrogens with two attached hydrogens (primary N) is 1. The quantitative estimate of drug-likeness (QED) is 0.869. The smallest absolute Gasteiger partial charge is 0.219 e. The highest BCUT2D eigenvalue weighted by Gasteiger charge is 2.11.